The fraction of sp³-hybridized carbons (Fsp3) is 0.517. The number of benzene rings is 2. The standard InChI is InChI=1S/C29H33BrO4/c1-29-15-13-22-21-10-8-20(34-28(33)18-5-3-2-4-6-18)17-19(21)7-9-23(22)25(29)11-12-26(29)24(14-16-30)27(31)32/h2-6,8,10,17,22-26H,7,9,11-16H2,1H3,(H,31,32)/t22-,23-,24?,25+,26-,29+/m1/s1. The lowest BCUT2D eigenvalue weighted by molar-refractivity contribution is -0.146. The summed E-state index contributed by atoms with van der Waals surface area (Å²) in [7, 11) is 0. The first-order valence-corrected chi connectivity index (χ1v) is 13.7. The first-order chi connectivity index (χ1) is 16.4. The maximum absolute atomic E-state index is 12.5. The Balaban J connectivity index is 1.34. The van der Waals surface area contributed by atoms with E-state index in [2.05, 4.69) is 35.0 Å². The molecule has 3 aliphatic carbocycles. The van der Waals surface area contributed by atoms with Crippen LogP contribution >= 0.6 is 15.9 Å². The van der Waals surface area contributed by atoms with E-state index in [0.29, 0.717) is 35.5 Å². The SMILES string of the molecule is C[C@]12CC[C@@H]3c4ccc(OC(=O)c5ccccc5)cc4CC[C@H]3[C@@H]1CC[C@@H]2C(CCBr)C(=O)O. The number of esters is 1. The van der Waals surface area contributed by atoms with E-state index in [9.17, 15) is 14.7 Å². The lowest BCUT2D eigenvalue weighted by Gasteiger charge is -2.51. The molecule has 0 radical (unpaired) electrons. The molecule has 1 unspecified atom stereocenters. The molecular formula is C29H33BrO4. The van der Waals surface area contributed by atoms with Gasteiger partial charge in [0.1, 0.15) is 5.75 Å². The molecule has 2 aromatic rings. The highest BCUT2D eigenvalue weighted by molar-refractivity contribution is 9.09. The third-order valence-corrected chi connectivity index (χ3v) is 9.67. The third-order valence-electron chi connectivity index (χ3n) is 9.21. The van der Waals surface area contributed by atoms with Gasteiger partial charge in [-0.1, -0.05) is 47.1 Å². The molecule has 0 amide bonds. The van der Waals surface area contributed by atoms with Gasteiger partial charge >= 0.3 is 11.9 Å². The minimum absolute atomic E-state index is 0.120. The minimum Gasteiger partial charge on any atom is -0.481 e. The van der Waals surface area contributed by atoms with Gasteiger partial charge in [0, 0.05) is 5.33 Å². The summed E-state index contributed by atoms with van der Waals surface area (Å²) in [5, 5.41) is 10.7. The van der Waals surface area contributed by atoms with Crippen molar-refractivity contribution in [3.63, 3.8) is 0 Å². The minimum atomic E-state index is -0.625. The average molecular weight is 525 g/mol. The molecule has 0 aliphatic heterocycles. The predicted molar refractivity (Wildman–Crippen MR) is 135 cm³/mol. The number of hydrogen-bond donors (Lipinski definition) is 1. The largest absolute Gasteiger partial charge is 0.481 e. The van der Waals surface area contributed by atoms with Crippen LogP contribution in [0.4, 0.5) is 0 Å². The Morgan fingerprint density at radius 1 is 1.12 bits per heavy atom. The maximum atomic E-state index is 12.5. The lowest BCUT2D eigenvalue weighted by atomic mass is 9.53. The molecule has 6 atom stereocenters. The Hall–Kier alpha value is -2.14. The highest BCUT2D eigenvalue weighted by Gasteiger charge is 2.57. The van der Waals surface area contributed by atoms with Gasteiger partial charge in [-0.25, -0.2) is 4.79 Å². The summed E-state index contributed by atoms with van der Waals surface area (Å²) in [5.41, 5.74) is 3.40. The lowest BCUT2D eigenvalue weighted by Crippen LogP contribution is -2.45. The zero-order valence-electron chi connectivity index (χ0n) is 19.7. The molecule has 0 bridgehead atoms. The van der Waals surface area contributed by atoms with Crippen molar-refractivity contribution >= 4 is 27.9 Å². The van der Waals surface area contributed by atoms with Gasteiger partial charge in [0.05, 0.1) is 11.5 Å². The van der Waals surface area contributed by atoms with E-state index in [1.165, 1.54) is 11.1 Å². The number of halogens is 1. The van der Waals surface area contributed by atoms with Gasteiger partial charge in [-0.2, -0.15) is 0 Å². The van der Waals surface area contributed by atoms with Crippen molar-refractivity contribution < 1.29 is 19.4 Å². The predicted octanol–water partition coefficient (Wildman–Crippen LogP) is 6.86. The summed E-state index contributed by atoms with van der Waals surface area (Å²) in [6.45, 7) is 2.39. The molecule has 4 nitrogen and oxygen atoms in total. The molecule has 0 saturated heterocycles. The number of fused-ring (bicyclic) bond motifs is 5. The van der Waals surface area contributed by atoms with E-state index in [1.807, 2.05) is 24.3 Å². The van der Waals surface area contributed by atoms with Gasteiger partial charge in [-0.15, -0.1) is 0 Å². The number of hydrogen-bond acceptors (Lipinski definition) is 3. The van der Waals surface area contributed by atoms with Crippen LogP contribution in [0.2, 0.25) is 0 Å². The van der Waals surface area contributed by atoms with E-state index < -0.39 is 5.97 Å². The topological polar surface area (TPSA) is 63.6 Å². The first kappa shape index (κ1) is 23.6. The zero-order valence-corrected chi connectivity index (χ0v) is 21.3. The number of aryl methyl sites for hydroxylation is 1. The normalized spacial score (nSPS) is 30.5. The highest BCUT2D eigenvalue weighted by atomic mass is 79.9. The monoisotopic (exact) mass is 524 g/mol. The fourth-order valence-electron chi connectivity index (χ4n) is 7.68. The van der Waals surface area contributed by atoms with Crippen molar-refractivity contribution in [2.45, 2.75) is 57.8 Å². The van der Waals surface area contributed by atoms with E-state index in [4.69, 9.17) is 4.74 Å². The molecule has 1 N–H and O–H groups in total. The van der Waals surface area contributed by atoms with Crippen molar-refractivity contribution in [1.82, 2.24) is 0 Å². The van der Waals surface area contributed by atoms with E-state index in [-0.39, 0.29) is 23.2 Å². The van der Waals surface area contributed by atoms with Crippen molar-refractivity contribution in [2.75, 3.05) is 5.33 Å². The van der Waals surface area contributed by atoms with E-state index in [0.717, 1.165) is 43.9 Å². The van der Waals surface area contributed by atoms with E-state index in [1.54, 1.807) is 12.1 Å². The van der Waals surface area contributed by atoms with Crippen LogP contribution in [0.15, 0.2) is 48.5 Å². The van der Waals surface area contributed by atoms with Crippen LogP contribution in [0.3, 0.4) is 0 Å². The smallest absolute Gasteiger partial charge is 0.343 e. The third kappa shape index (κ3) is 4.10. The van der Waals surface area contributed by atoms with Crippen LogP contribution in [0.5, 0.6) is 5.75 Å². The van der Waals surface area contributed by atoms with E-state index >= 15 is 0 Å². The number of carboxylic acid groups (broad SMARTS) is 1. The fourth-order valence-corrected chi connectivity index (χ4v) is 8.17. The Morgan fingerprint density at radius 2 is 1.91 bits per heavy atom. The van der Waals surface area contributed by atoms with Crippen LogP contribution in [0.1, 0.15) is 72.9 Å². The number of aliphatic carboxylic acids is 1. The number of rotatable bonds is 6. The maximum Gasteiger partial charge on any atom is 0.343 e. The van der Waals surface area contributed by atoms with Gasteiger partial charge in [-0.05, 0) is 109 Å². The first-order valence-electron chi connectivity index (χ1n) is 12.6. The molecule has 2 aromatic carbocycles. The summed E-state index contributed by atoms with van der Waals surface area (Å²) >= 11 is 3.48. The molecule has 0 spiro atoms. The molecule has 0 aromatic heterocycles. The summed E-state index contributed by atoms with van der Waals surface area (Å²) in [5.74, 6) is 1.43. The van der Waals surface area contributed by atoms with Gasteiger partial charge < -0.3 is 9.84 Å². The molecule has 34 heavy (non-hydrogen) atoms. The van der Waals surface area contributed by atoms with Gasteiger partial charge in [0.15, 0.2) is 0 Å². The number of carboxylic acids is 1. The molecule has 3 aliphatic rings. The summed E-state index contributed by atoms with van der Waals surface area (Å²) in [6.07, 6.45) is 7.24. The van der Waals surface area contributed by atoms with Crippen molar-refractivity contribution in [3.8, 4) is 5.75 Å². The number of carbonyl (C=O) groups excluding carboxylic acids is 1. The molecule has 2 saturated carbocycles. The number of alkyl halides is 1. The second-order valence-corrected chi connectivity index (χ2v) is 11.5. The van der Waals surface area contributed by atoms with Crippen LogP contribution in [0, 0.1) is 29.1 Å². The molecule has 5 heteroatoms. The van der Waals surface area contributed by atoms with Crippen molar-refractivity contribution in [2.24, 2.45) is 29.1 Å². The molecule has 2 fully saturated rings. The average Bonchev–Trinajstić information content (AvgIpc) is 3.19. The van der Waals surface area contributed by atoms with Crippen LogP contribution in [0.25, 0.3) is 0 Å². The molecule has 0 heterocycles. The molecule has 5 rings (SSSR count). The Morgan fingerprint density at radius 3 is 2.65 bits per heavy atom. The van der Waals surface area contributed by atoms with Crippen LogP contribution in [-0.4, -0.2) is 22.4 Å². The molecule has 180 valence electrons. The van der Waals surface area contributed by atoms with Gasteiger partial charge in [0.2, 0.25) is 0 Å². The Labute approximate surface area is 210 Å². The van der Waals surface area contributed by atoms with Crippen LogP contribution < -0.4 is 4.74 Å². The molecular weight excluding hydrogens is 492 g/mol. The van der Waals surface area contributed by atoms with Gasteiger partial charge in [-0.3, -0.25) is 4.79 Å². The second-order valence-electron chi connectivity index (χ2n) is 10.7. The number of ether oxygens (including phenoxy) is 1. The Kier molecular flexibility index (Phi) is 6.58. The summed E-state index contributed by atoms with van der Waals surface area (Å²) in [4.78, 5) is 24.6. The van der Waals surface area contributed by atoms with Crippen molar-refractivity contribution in [3.05, 3.63) is 65.2 Å². The second kappa shape index (κ2) is 9.49. The summed E-state index contributed by atoms with van der Waals surface area (Å²) in [6, 6.07) is 15.3. The summed E-state index contributed by atoms with van der Waals surface area (Å²) < 4.78 is 5.68. The quantitative estimate of drug-likeness (QED) is 0.254. The Bertz CT molecular complexity index is 1070. The number of carbonyl (C=O) groups is 2. The van der Waals surface area contributed by atoms with Crippen LogP contribution in [-0.2, 0) is 11.2 Å². The van der Waals surface area contributed by atoms with Crippen molar-refractivity contribution in [1.29, 1.82) is 0 Å². The van der Waals surface area contributed by atoms with Gasteiger partial charge in [0.25, 0.3) is 0 Å². The highest BCUT2D eigenvalue weighted by Crippen LogP contribution is 2.64. The zero-order chi connectivity index (χ0) is 23.9.